The lowest BCUT2D eigenvalue weighted by atomic mass is 10.0. The predicted octanol–water partition coefficient (Wildman–Crippen LogP) is 1.44. The minimum Gasteiger partial charge on any atom is -0.481 e. The van der Waals surface area contributed by atoms with Gasteiger partial charge in [0.2, 0.25) is 5.91 Å². The highest BCUT2D eigenvalue weighted by Crippen LogP contribution is 2.29. The van der Waals surface area contributed by atoms with Gasteiger partial charge in [-0.25, -0.2) is 0 Å². The van der Waals surface area contributed by atoms with E-state index in [1.807, 2.05) is 0 Å². The second-order valence-corrected chi connectivity index (χ2v) is 5.91. The van der Waals surface area contributed by atoms with Crippen LogP contribution in [0.4, 0.5) is 5.69 Å². The summed E-state index contributed by atoms with van der Waals surface area (Å²) in [4.78, 5) is 32.5. The number of carboxylic acids is 1. The normalized spacial score (nSPS) is 21.8. The summed E-state index contributed by atoms with van der Waals surface area (Å²) in [6.45, 7) is 0. The van der Waals surface area contributed by atoms with E-state index >= 15 is 0 Å². The van der Waals surface area contributed by atoms with E-state index < -0.39 is 16.7 Å². The zero-order chi connectivity index (χ0) is 15.6. The molecule has 2 rings (SSSR count). The summed E-state index contributed by atoms with van der Waals surface area (Å²) in [5.74, 6) is -1.83. The van der Waals surface area contributed by atoms with E-state index in [1.165, 1.54) is 6.07 Å². The monoisotopic (exact) mass is 328 g/mol. The summed E-state index contributed by atoms with van der Waals surface area (Å²) in [6.07, 6.45) is 0.252. The molecule has 2 amide bonds. The van der Waals surface area contributed by atoms with Gasteiger partial charge in [0.1, 0.15) is 0 Å². The average Bonchev–Trinajstić information content (AvgIpc) is 2.38. The molecule has 1 atom stereocenters. The summed E-state index contributed by atoms with van der Waals surface area (Å²) in [6, 6.07) is 4.72. The van der Waals surface area contributed by atoms with Crippen LogP contribution in [0.25, 0.3) is 0 Å². The standard InChI is InChI=1S/C13H13ClN2O4S/c14-9-6-8(2-1-7(9)5-11(18)19)16-13(21)4-3-10(17)15-12(13)20/h1-2,6,16,21H,3-5H2,(H,18,19)(H,15,17,20)/t13-/m0/s1. The molecular formula is C13H13ClN2O4S. The number of thiol groups is 1. The highest BCUT2D eigenvalue weighted by molar-refractivity contribution is 7.82. The van der Waals surface area contributed by atoms with Gasteiger partial charge in [0.25, 0.3) is 5.91 Å². The fourth-order valence-corrected chi connectivity index (χ4v) is 2.53. The van der Waals surface area contributed by atoms with E-state index in [-0.39, 0.29) is 30.2 Å². The van der Waals surface area contributed by atoms with Crippen LogP contribution in [0.3, 0.4) is 0 Å². The molecule has 0 radical (unpaired) electrons. The largest absolute Gasteiger partial charge is 0.481 e. The number of anilines is 1. The maximum Gasteiger partial charge on any atom is 0.307 e. The van der Waals surface area contributed by atoms with Crippen LogP contribution < -0.4 is 10.6 Å². The predicted molar refractivity (Wildman–Crippen MR) is 80.5 cm³/mol. The topological polar surface area (TPSA) is 95.5 Å². The molecule has 0 bridgehead atoms. The van der Waals surface area contributed by atoms with Crippen LogP contribution in [-0.4, -0.2) is 27.8 Å². The molecule has 1 aliphatic heterocycles. The van der Waals surface area contributed by atoms with Crippen LogP contribution in [0.1, 0.15) is 18.4 Å². The molecule has 1 fully saturated rings. The number of imide groups is 1. The highest BCUT2D eigenvalue weighted by Gasteiger charge is 2.39. The summed E-state index contributed by atoms with van der Waals surface area (Å²) < 4.78 is 0. The van der Waals surface area contributed by atoms with Gasteiger partial charge < -0.3 is 10.4 Å². The molecule has 0 aliphatic carbocycles. The number of rotatable bonds is 4. The Bertz CT molecular complexity index is 622. The Morgan fingerprint density at radius 1 is 1.48 bits per heavy atom. The fourth-order valence-electron chi connectivity index (χ4n) is 1.99. The molecule has 1 aromatic rings. The maximum atomic E-state index is 11.8. The molecule has 0 saturated carbocycles. The number of benzene rings is 1. The number of amides is 2. The molecule has 1 aromatic carbocycles. The number of aliphatic carboxylic acids is 1. The van der Waals surface area contributed by atoms with Gasteiger partial charge in [-0.15, -0.1) is 12.6 Å². The lowest BCUT2D eigenvalue weighted by Gasteiger charge is -2.32. The zero-order valence-electron chi connectivity index (χ0n) is 10.9. The van der Waals surface area contributed by atoms with Gasteiger partial charge in [-0.2, -0.15) is 0 Å². The van der Waals surface area contributed by atoms with Gasteiger partial charge in [0.05, 0.1) is 6.42 Å². The Labute approximate surface area is 131 Å². The molecule has 3 N–H and O–H groups in total. The number of hydrogen-bond donors (Lipinski definition) is 4. The van der Waals surface area contributed by atoms with E-state index in [2.05, 4.69) is 23.3 Å². The molecule has 8 heteroatoms. The Kier molecular flexibility index (Phi) is 4.43. The number of nitrogens with one attached hydrogen (secondary N) is 2. The lowest BCUT2D eigenvalue weighted by Crippen LogP contribution is -2.54. The maximum absolute atomic E-state index is 11.8. The average molecular weight is 329 g/mol. The van der Waals surface area contributed by atoms with Gasteiger partial charge in [-0.3, -0.25) is 19.7 Å². The van der Waals surface area contributed by atoms with Crippen LogP contribution in [0.15, 0.2) is 18.2 Å². The van der Waals surface area contributed by atoms with Crippen molar-refractivity contribution in [1.82, 2.24) is 5.32 Å². The van der Waals surface area contributed by atoms with Crippen LogP contribution in [0, 0.1) is 0 Å². The van der Waals surface area contributed by atoms with Crippen LogP contribution in [0.2, 0.25) is 5.02 Å². The first kappa shape index (κ1) is 15.7. The molecule has 0 spiro atoms. The Balaban J connectivity index is 2.16. The minimum atomic E-state index is -1.20. The summed E-state index contributed by atoms with van der Waals surface area (Å²) in [7, 11) is 0. The van der Waals surface area contributed by atoms with Gasteiger partial charge >= 0.3 is 5.97 Å². The Hall–Kier alpha value is -1.73. The third-order valence-corrected chi connectivity index (χ3v) is 3.98. The van der Waals surface area contributed by atoms with Crippen molar-refractivity contribution >= 4 is 47.7 Å². The van der Waals surface area contributed by atoms with Crippen molar-refractivity contribution in [3.8, 4) is 0 Å². The van der Waals surface area contributed by atoms with Gasteiger partial charge in [0, 0.05) is 17.1 Å². The first-order chi connectivity index (χ1) is 9.80. The molecule has 21 heavy (non-hydrogen) atoms. The Morgan fingerprint density at radius 3 is 2.76 bits per heavy atom. The van der Waals surface area contributed by atoms with Crippen molar-refractivity contribution in [2.45, 2.75) is 24.1 Å². The van der Waals surface area contributed by atoms with Crippen molar-refractivity contribution in [2.24, 2.45) is 0 Å². The van der Waals surface area contributed by atoms with E-state index in [0.29, 0.717) is 11.3 Å². The third kappa shape index (κ3) is 3.68. The molecular weight excluding hydrogens is 316 g/mol. The van der Waals surface area contributed by atoms with Crippen molar-refractivity contribution in [2.75, 3.05) is 5.32 Å². The quantitative estimate of drug-likeness (QED) is 0.381. The van der Waals surface area contributed by atoms with Gasteiger partial charge in [-0.05, 0) is 24.1 Å². The van der Waals surface area contributed by atoms with E-state index in [9.17, 15) is 14.4 Å². The summed E-state index contributed by atoms with van der Waals surface area (Å²) in [5, 5.41) is 14.2. The molecule has 1 saturated heterocycles. The SMILES string of the molecule is O=C(O)Cc1ccc(N[C@]2(S)CCC(=O)NC2=O)cc1Cl. The van der Waals surface area contributed by atoms with Crippen molar-refractivity contribution in [3.05, 3.63) is 28.8 Å². The lowest BCUT2D eigenvalue weighted by molar-refractivity contribution is -0.136. The summed E-state index contributed by atoms with van der Waals surface area (Å²) >= 11 is 10.3. The first-order valence-electron chi connectivity index (χ1n) is 6.15. The number of carbonyl (C=O) groups is 3. The fraction of sp³-hybridized carbons (Fsp3) is 0.308. The molecule has 6 nitrogen and oxygen atoms in total. The number of carbonyl (C=O) groups excluding carboxylic acids is 2. The van der Waals surface area contributed by atoms with E-state index in [4.69, 9.17) is 16.7 Å². The van der Waals surface area contributed by atoms with E-state index in [0.717, 1.165) is 0 Å². The summed E-state index contributed by atoms with van der Waals surface area (Å²) in [5.41, 5.74) is 1.000. The highest BCUT2D eigenvalue weighted by atomic mass is 35.5. The smallest absolute Gasteiger partial charge is 0.307 e. The van der Waals surface area contributed by atoms with Gasteiger partial charge in [0.15, 0.2) is 4.87 Å². The van der Waals surface area contributed by atoms with Crippen molar-refractivity contribution in [1.29, 1.82) is 0 Å². The molecule has 112 valence electrons. The molecule has 0 aromatic heterocycles. The first-order valence-corrected chi connectivity index (χ1v) is 6.98. The van der Waals surface area contributed by atoms with Crippen LogP contribution in [-0.2, 0) is 20.8 Å². The number of halogens is 1. The molecule has 0 unspecified atom stereocenters. The molecule has 1 aliphatic rings. The second-order valence-electron chi connectivity index (χ2n) is 4.74. The van der Waals surface area contributed by atoms with Crippen molar-refractivity contribution < 1.29 is 19.5 Å². The minimum absolute atomic E-state index is 0.180. The Morgan fingerprint density at radius 2 is 2.19 bits per heavy atom. The van der Waals surface area contributed by atoms with Crippen LogP contribution in [0.5, 0.6) is 0 Å². The van der Waals surface area contributed by atoms with Crippen molar-refractivity contribution in [3.63, 3.8) is 0 Å². The number of hydrogen-bond acceptors (Lipinski definition) is 5. The van der Waals surface area contributed by atoms with Gasteiger partial charge in [-0.1, -0.05) is 17.7 Å². The number of carboxylic acid groups (broad SMARTS) is 1. The second kappa shape index (κ2) is 5.95. The zero-order valence-corrected chi connectivity index (χ0v) is 12.5. The third-order valence-electron chi connectivity index (χ3n) is 3.09. The van der Waals surface area contributed by atoms with E-state index in [1.54, 1.807) is 12.1 Å². The number of piperidine rings is 1. The molecule has 1 heterocycles. The van der Waals surface area contributed by atoms with Crippen LogP contribution >= 0.6 is 24.2 Å².